The molecule has 27 heavy (non-hydrogen) atoms. The Morgan fingerprint density at radius 2 is 1.59 bits per heavy atom. The van der Waals surface area contributed by atoms with Crippen LogP contribution in [0.25, 0.3) is 0 Å². The normalized spacial score (nSPS) is 14.9. The summed E-state index contributed by atoms with van der Waals surface area (Å²) < 4.78 is 14.2. The summed E-state index contributed by atoms with van der Waals surface area (Å²) in [5.74, 6) is -0.510. The number of carbonyl (C=O) groups is 2. The standard InChI is InChI=1S/C22H25FN2O2/c1-15-4-6-16(7-5-15)21(26)17-10-12-25(13-11-17)22(27)18-8-9-20(24(2)3)19(23)14-18/h4-9,14,17H,10-13H2,1-3H3. The molecule has 0 bridgehead atoms. The molecule has 142 valence electrons. The van der Waals surface area contributed by atoms with Crippen molar-refractivity contribution in [1.29, 1.82) is 0 Å². The highest BCUT2D eigenvalue weighted by Crippen LogP contribution is 2.24. The van der Waals surface area contributed by atoms with E-state index in [-0.39, 0.29) is 17.6 Å². The fraction of sp³-hybridized carbons (Fsp3) is 0.364. The maximum atomic E-state index is 14.2. The second-order valence-electron chi connectivity index (χ2n) is 7.36. The molecule has 5 heteroatoms. The lowest BCUT2D eigenvalue weighted by Gasteiger charge is -2.31. The van der Waals surface area contributed by atoms with Crippen molar-refractivity contribution in [3.63, 3.8) is 0 Å². The van der Waals surface area contributed by atoms with E-state index in [1.165, 1.54) is 6.07 Å². The van der Waals surface area contributed by atoms with Gasteiger partial charge in [-0.2, -0.15) is 0 Å². The maximum absolute atomic E-state index is 14.2. The Morgan fingerprint density at radius 1 is 1.00 bits per heavy atom. The molecule has 0 N–H and O–H groups in total. The zero-order valence-electron chi connectivity index (χ0n) is 16.0. The van der Waals surface area contributed by atoms with E-state index < -0.39 is 5.82 Å². The van der Waals surface area contributed by atoms with Gasteiger partial charge in [-0.05, 0) is 38.0 Å². The molecule has 1 aliphatic heterocycles. The van der Waals surface area contributed by atoms with E-state index in [4.69, 9.17) is 0 Å². The Balaban J connectivity index is 1.63. The molecule has 2 aromatic rings. The lowest BCUT2D eigenvalue weighted by Crippen LogP contribution is -2.40. The van der Waals surface area contributed by atoms with Gasteiger partial charge in [0.25, 0.3) is 5.91 Å². The first-order valence-electron chi connectivity index (χ1n) is 9.24. The molecule has 0 unspecified atom stereocenters. The zero-order chi connectivity index (χ0) is 19.6. The van der Waals surface area contributed by atoms with E-state index in [2.05, 4.69) is 0 Å². The van der Waals surface area contributed by atoms with E-state index >= 15 is 0 Å². The summed E-state index contributed by atoms with van der Waals surface area (Å²) in [7, 11) is 3.52. The number of hydrogen-bond acceptors (Lipinski definition) is 3. The Labute approximate surface area is 159 Å². The SMILES string of the molecule is Cc1ccc(C(=O)C2CCN(C(=O)c3ccc(N(C)C)c(F)c3)CC2)cc1. The van der Waals surface area contributed by atoms with E-state index in [1.54, 1.807) is 36.0 Å². The molecular weight excluding hydrogens is 343 g/mol. The highest BCUT2D eigenvalue weighted by molar-refractivity contribution is 5.98. The maximum Gasteiger partial charge on any atom is 0.253 e. The summed E-state index contributed by atoms with van der Waals surface area (Å²) in [4.78, 5) is 28.7. The zero-order valence-corrected chi connectivity index (χ0v) is 16.0. The minimum absolute atomic E-state index is 0.0652. The van der Waals surface area contributed by atoms with E-state index in [0.29, 0.717) is 37.2 Å². The number of likely N-dealkylation sites (tertiary alicyclic amines) is 1. The number of anilines is 1. The summed E-state index contributed by atoms with van der Waals surface area (Å²) in [6.45, 7) is 3.02. The predicted molar refractivity (Wildman–Crippen MR) is 105 cm³/mol. The second kappa shape index (κ2) is 7.91. The summed E-state index contributed by atoms with van der Waals surface area (Å²) in [5.41, 5.74) is 2.65. The van der Waals surface area contributed by atoms with Gasteiger partial charge in [-0.15, -0.1) is 0 Å². The number of piperidine rings is 1. The topological polar surface area (TPSA) is 40.6 Å². The minimum Gasteiger partial charge on any atom is -0.375 e. The average molecular weight is 368 g/mol. The molecule has 1 heterocycles. The van der Waals surface area contributed by atoms with E-state index in [9.17, 15) is 14.0 Å². The number of amides is 1. The monoisotopic (exact) mass is 368 g/mol. The van der Waals surface area contributed by atoms with Gasteiger partial charge in [-0.3, -0.25) is 9.59 Å². The number of rotatable bonds is 4. The third-order valence-corrected chi connectivity index (χ3v) is 5.17. The molecule has 0 aliphatic carbocycles. The number of hydrogen-bond donors (Lipinski definition) is 0. The molecule has 0 saturated carbocycles. The van der Waals surface area contributed by atoms with Gasteiger partial charge in [0, 0.05) is 44.2 Å². The van der Waals surface area contributed by atoms with Gasteiger partial charge in [-0.1, -0.05) is 29.8 Å². The Bertz CT molecular complexity index is 838. The minimum atomic E-state index is -0.407. The number of nitrogens with zero attached hydrogens (tertiary/aromatic N) is 2. The number of Topliss-reactive ketones (excluding diaryl/α,β-unsaturated/α-hetero) is 1. The summed E-state index contributed by atoms with van der Waals surface area (Å²) in [5, 5.41) is 0. The largest absolute Gasteiger partial charge is 0.375 e. The molecule has 4 nitrogen and oxygen atoms in total. The third-order valence-electron chi connectivity index (χ3n) is 5.17. The smallest absolute Gasteiger partial charge is 0.253 e. The number of aryl methyl sites for hydroxylation is 1. The van der Waals surface area contributed by atoms with Gasteiger partial charge < -0.3 is 9.80 Å². The van der Waals surface area contributed by atoms with Gasteiger partial charge in [0.15, 0.2) is 5.78 Å². The fourth-order valence-corrected chi connectivity index (χ4v) is 3.48. The van der Waals surface area contributed by atoms with Gasteiger partial charge in [0.05, 0.1) is 5.69 Å². The molecule has 0 atom stereocenters. The summed E-state index contributed by atoms with van der Waals surface area (Å²) in [6.07, 6.45) is 1.27. The molecule has 1 amide bonds. The summed E-state index contributed by atoms with van der Waals surface area (Å²) >= 11 is 0. The van der Waals surface area contributed by atoms with Crippen molar-refractivity contribution in [2.24, 2.45) is 5.92 Å². The van der Waals surface area contributed by atoms with Crippen molar-refractivity contribution in [2.45, 2.75) is 19.8 Å². The lowest BCUT2D eigenvalue weighted by molar-refractivity contribution is 0.0650. The molecule has 0 spiro atoms. The van der Waals surface area contributed by atoms with Crippen LogP contribution in [0, 0.1) is 18.7 Å². The summed E-state index contributed by atoms with van der Waals surface area (Å²) in [6, 6.07) is 12.2. The van der Waals surface area contributed by atoms with Crippen molar-refractivity contribution < 1.29 is 14.0 Å². The highest BCUT2D eigenvalue weighted by atomic mass is 19.1. The van der Waals surface area contributed by atoms with E-state index in [1.807, 2.05) is 31.2 Å². The fourth-order valence-electron chi connectivity index (χ4n) is 3.48. The molecule has 3 rings (SSSR count). The van der Waals surface area contributed by atoms with Crippen LogP contribution >= 0.6 is 0 Å². The molecule has 1 saturated heterocycles. The molecule has 0 radical (unpaired) electrons. The first-order chi connectivity index (χ1) is 12.9. The van der Waals surface area contributed by atoms with Crippen LogP contribution in [0.1, 0.15) is 39.1 Å². The second-order valence-corrected chi connectivity index (χ2v) is 7.36. The number of benzene rings is 2. The van der Waals surface area contributed by atoms with Gasteiger partial charge >= 0.3 is 0 Å². The van der Waals surface area contributed by atoms with Crippen LogP contribution in [0.3, 0.4) is 0 Å². The molecular formula is C22H25FN2O2. The Hall–Kier alpha value is -2.69. The molecule has 2 aromatic carbocycles. The van der Waals surface area contributed by atoms with Crippen LogP contribution in [0.2, 0.25) is 0 Å². The predicted octanol–water partition coefficient (Wildman–Crippen LogP) is 3.94. The number of carbonyl (C=O) groups excluding carboxylic acids is 2. The molecule has 1 aliphatic rings. The van der Waals surface area contributed by atoms with Crippen molar-refractivity contribution >= 4 is 17.4 Å². The first kappa shape index (κ1) is 19.1. The van der Waals surface area contributed by atoms with Crippen molar-refractivity contribution in [2.75, 3.05) is 32.1 Å². The van der Waals surface area contributed by atoms with Gasteiger partial charge in [0.1, 0.15) is 5.82 Å². The molecule has 1 fully saturated rings. The first-order valence-corrected chi connectivity index (χ1v) is 9.24. The Morgan fingerprint density at radius 3 is 2.15 bits per heavy atom. The van der Waals surface area contributed by atoms with Crippen LogP contribution in [0.15, 0.2) is 42.5 Å². The molecule has 0 aromatic heterocycles. The third kappa shape index (κ3) is 4.18. The van der Waals surface area contributed by atoms with Crippen LogP contribution in [0.4, 0.5) is 10.1 Å². The van der Waals surface area contributed by atoms with Gasteiger partial charge in [0.2, 0.25) is 0 Å². The van der Waals surface area contributed by atoms with Crippen LogP contribution in [-0.4, -0.2) is 43.8 Å². The number of ketones is 1. The quantitative estimate of drug-likeness (QED) is 0.768. The van der Waals surface area contributed by atoms with Crippen molar-refractivity contribution in [3.05, 3.63) is 65.0 Å². The van der Waals surface area contributed by atoms with Crippen LogP contribution < -0.4 is 4.90 Å². The van der Waals surface area contributed by atoms with Crippen LogP contribution in [0.5, 0.6) is 0 Å². The highest BCUT2D eigenvalue weighted by Gasteiger charge is 2.28. The Kier molecular flexibility index (Phi) is 5.59. The number of halogens is 1. The lowest BCUT2D eigenvalue weighted by atomic mass is 9.88. The van der Waals surface area contributed by atoms with Crippen molar-refractivity contribution in [3.8, 4) is 0 Å². The van der Waals surface area contributed by atoms with Gasteiger partial charge in [-0.25, -0.2) is 4.39 Å². The average Bonchev–Trinajstić information content (AvgIpc) is 2.67. The van der Waals surface area contributed by atoms with Crippen LogP contribution in [-0.2, 0) is 0 Å². The van der Waals surface area contributed by atoms with E-state index in [0.717, 1.165) is 11.1 Å². The van der Waals surface area contributed by atoms with Crippen molar-refractivity contribution in [1.82, 2.24) is 4.90 Å².